The highest BCUT2D eigenvalue weighted by atomic mass is 16.3. The smallest absolute Gasteiger partial charge is 0.252 e. The number of nitrogens with one attached hydrogen (secondary N) is 1. The summed E-state index contributed by atoms with van der Waals surface area (Å²) in [7, 11) is 0. The van der Waals surface area contributed by atoms with Gasteiger partial charge in [0.2, 0.25) is 0 Å². The monoisotopic (exact) mass is 311 g/mol. The van der Waals surface area contributed by atoms with Crippen molar-refractivity contribution in [1.29, 1.82) is 0 Å². The van der Waals surface area contributed by atoms with Crippen LogP contribution in [-0.4, -0.2) is 41.2 Å². The van der Waals surface area contributed by atoms with Gasteiger partial charge >= 0.3 is 0 Å². The molecule has 2 heterocycles. The minimum absolute atomic E-state index is 0.00982. The van der Waals surface area contributed by atoms with E-state index >= 15 is 0 Å². The maximum atomic E-state index is 12.6. The fourth-order valence-electron chi connectivity index (χ4n) is 3.10. The van der Waals surface area contributed by atoms with Gasteiger partial charge in [-0.25, -0.2) is 4.98 Å². The molecule has 0 unspecified atom stereocenters. The molecule has 1 saturated carbocycles. The molecule has 1 aliphatic carbocycles. The number of hydrogen-bond acceptors (Lipinski definition) is 4. The molecule has 0 radical (unpaired) electrons. The number of nitrogens with zero attached hydrogens (tertiary/aromatic N) is 2. The molecule has 1 aliphatic heterocycles. The molecular weight excluding hydrogens is 290 g/mol. The van der Waals surface area contributed by atoms with Gasteiger partial charge in [-0.3, -0.25) is 4.79 Å². The van der Waals surface area contributed by atoms with Gasteiger partial charge in [0, 0.05) is 24.5 Å². The molecule has 0 atom stereocenters. The van der Waals surface area contributed by atoms with Gasteiger partial charge in [0.15, 0.2) is 0 Å². The average Bonchev–Trinajstić information content (AvgIpc) is 3.38. The van der Waals surface area contributed by atoms with E-state index in [-0.39, 0.29) is 12.0 Å². The number of carbonyl (C=O) groups excluding carboxylic acids is 1. The van der Waals surface area contributed by atoms with E-state index in [1.807, 2.05) is 30.3 Å². The number of fused-ring (bicyclic) bond motifs is 1. The lowest BCUT2D eigenvalue weighted by Gasteiger charge is -2.31. The number of amides is 1. The number of hydrogen-bond donors (Lipinski definition) is 2. The van der Waals surface area contributed by atoms with Crippen molar-refractivity contribution in [2.24, 2.45) is 0 Å². The number of aromatic nitrogens is 1. The Morgan fingerprint density at radius 1 is 1.17 bits per heavy atom. The third kappa shape index (κ3) is 3.01. The van der Waals surface area contributed by atoms with Crippen LogP contribution in [0.3, 0.4) is 0 Å². The molecule has 5 heteroatoms. The van der Waals surface area contributed by atoms with Crippen LogP contribution < -0.4 is 10.2 Å². The van der Waals surface area contributed by atoms with Crippen LogP contribution in [0, 0.1) is 0 Å². The summed E-state index contributed by atoms with van der Waals surface area (Å²) in [5.41, 5.74) is 1.54. The lowest BCUT2D eigenvalue weighted by Crippen LogP contribution is -2.36. The van der Waals surface area contributed by atoms with Gasteiger partial charge in [0.1, 0.15) is 5.82 Å². The normalized spacial score (nSPS) is 19.1. The van der Waals surface area contributed by atoms with Crippen molar-refractivity contribution in [3.8, 4) is 0 Å². The maximum absolute atomic E-state index is 12.6. The lowest BCUT2D eigenvalue weighted by atomic mass is 10.1. The summed E-state index contributed by atoms with van der Waals surface area (Å²) in [6.45, 7) is 1.55. The molecule has 5 nitrogen and oxygen atoms in total. The Hall–Kier alpha value is -2.14. The fourth-order valence-corrected chi connectivity index (χ4v) is 3.10. The van der Waals surface area contributed by atoms with Gasteiger partial charge < -0.3 is 15.3 Å². The number of aliphatic hydroxyl groups is 1. The van der Waals surface area contributed by atoms with Crippen molar-refractivity contribution in [2.75, 3.05) is 18.0 Å². The highest BCUT2D eigenvalue weighted by Crippen LogP contribution is 2.26. The van der Waals surface area contributed by atoms with Gasteiger partial charge in [-0.15, -0.1) is 0 Å². The first-order chi connectivity index (χ1) is 11.2. The number of para-hydroxylation sites is 1. The van der Waals surface area contributed by atoms with Crippen molar-refractivity contribution in [3.63, 3.8) is 0 Å². The largest absolute Gasteiger partial charge is 0.393 e. The standard InChI is InChI=1S/C18H21N3O2/c22-13-7-9-21(10-8-13)17-11-15(18(23)19-12-5-6-12)14-3-1-2-4-16(14)20-17/h1-4,11-13,22H,5-10H2,(H,19,23). The predicted molar refractivity (Wildman–Crippen MR) is 89.7 cm³/mol. The first kappa shape index (κ1) is 14.5. The van der Waals surface area contributed by atoms with Gasteiger partial charge in [-0.05, 0) is 37.8 Å². The summed E-state index contributed by atoms with van der Waals surface area (Å²) < 4.78 is 0. The zero-order valence-corrected chi connectivity index (χ0v) is 13.0. The van der Waals surface area contributed by atoms with E-state index in [9.17, 15) is 9.90 Å². The first-order valence-corrected chi connectivity index (χ1v) is 8.34. The number of piperidine rings is 1. The Kier molecular flexibility index (Phi) is 3.65. The Morgan fingerprint density at radius 2 is 1.91 bits per heavy atom. The third-order valence-corrected chi connectivity index (χ3v) is 4.65. The average molecular weight is 311 g/mol. The zero-order valence-electron chi connectivity index (χ0n) is 13.0. The van der Waals surface area contributed by atoms with Crippen molar-refractivity contribution in [1.82, 2.24) is 10.3 Å². The number of aliphatic hydroxyl groups excluding tert-OH is 1. The number of benzene rings is 1. The number of anilines is 1. The van der Waals surface area contributed by atoms with Gasteiger partial charge in [0.05, 0.1) is 17.2 Å². The van der Waals surface area contributed by atoms with Gasteiger partial charge in [0.25, 0.3) is 5.91 Å². The second kappa shape index (κ2) is 5.81. The van der Waals surface area contributed by atoms with Crippen molar-refractivity contribution >= 4 is 22.6 Å². The van der Waals surface area contributed by atoms with E-state index < -0.39 is 0 Å². The fraction of sp³-hybridized carbons (Fsp3) is 0.444. The van der Waals surface area contributed by atoms with Crippen LogP contribution in [0.2, 0.25) is 0 Å². The molecule has 4 rings (SSSR count). The van der Waals surface area contributed by atoms with Crippen molar-refractivity contribution < 1.29 is 9.90 Å². The van der Waals surface area contributed by atoms with Crippen molar-refractivity contribution in [3.05, 3.63) is 35.9 Å². The lowest BCUT2D eigenvalue weighted by molar-refractivity contribution is 0.0952. The van der Waals surface area contributed by atoms with E-state index in [1.54, 1.807) is 0 Å². The van der Waals surface area contributed by atoms with Crippen LogP contribution in [-0.2, 0) is 0 Å². The molecule has 2 aromatic rings. The Bertz CT molecular complexity index is 734. The van der Waals surface area contributed by atoms with E-state index in [4.69, 9.17) is 4.98 Å². The number of rotatable bonds is 3. The van der Waals surface area contributed by atoms with E-state index in [0.717, 1.165) is 55.5 Å². The Balaban J connectivity index is 1.72. The number of pyridine rings is 1. The SMILES string of the molecule is O=C(NC1CC1)c1cc(N2CCC(O)CC2)nc2ccccc12. The summed E-state index contributed by atoms with van der Waals surface area (Å²) in [6, 6.07) is 10.0. The molecule has 1 amide bonds. The Morgan fingerprint density at radius 3 is 2.65 bits per heavy atom. The molecule has 2 aliphatic rings. The predicted octanol–water partition coefficient (Wildman–Crippen LogP) is 2.09. The van der Waals surface area contributed by atoms with Crippen LogP contribution in [0.4, 0.5) is 5.82 Å². The topological polar surface area (TPSA) is 65.5 Å². The quantitative estimate of drug-likeness (QED) is 0.911. The number of carbonyl (C=O) groups is 1. The third-order valence-electron chi connectivity index (χ3n) is 4.65. The first-order valence-electron chi connectivity index (χ1n) is 8.34. The maximum Gasteiger partial charge on any atom is 0.252 e. The minimum Gasteiger partial charge on any atom is -0.393 e. The van der Waals surface area contributed by atoms with Crippen LogP contribution in [0.25, 0.3) is 10.9 Å². The van der Waals surface area contributed by atoms with E-state index in [2.05, 4.69) is 10.2 Å². The summed E-state index contributed by atoms with van der Waals surface area (Å²) in [5, 5.41) is 13.7. The van der Waals surface area contributed by atoms with Crippen molar-refractivity contribution in [2.45, 2.75) is 37.8 Å². The van der Waals surface area contributed by atoms with E-state index in [1.165, 1.54) is 0 Å². The molecule has 23 heavy (non-hydrogen) atoms. The molecule has 0 bridgehead atoms. The van der Waals surface area contributed by atoms with Crippen LogP contribution >= 0.6 is 0 Å². The summed E-state index contributed by atoms with van der Waals surface area (Å²) in [5.74, 6) is 0.820. The highest BCUT2D eigenvalue weighted by molar-refractivity contribution is 6.07. The summed E-state index contributed by atoms with van der Waals surface area (Å²) in [6.07, 6.45) is 3.43. The van der Waals surface area contributed by atoms with Crippen LogP contribution in [0.15, 0.2) is 30.3 Å². The molecule has 120 valence electrons. The summed E-state index contributed by atoms with van der Waals surface area (Å²) >= 11 is 0. The zero-order chi connectivity index (χ0) is 15.8. The molecular formula is C18H21N3O2. The Labute approximate surface area is 135 Å². The second-order valence-corrected chi connectivity index (χ2v) is 6.51. The van der Waals surface area contributed by atoms with Crippen LogP contribution in [0.1, 0.15) is 36.0 Å². The van der Waals surface area contributed by atoms with Crippen LogP contribution in [0.5, 0.6) is 0 Å². The molecule has 1 aromatic heterocycles. The van der Waals surface area contributed by atoms with Gasteiger partial charge in [-0.2, -0.15) is 0 Å². The molecule has 2 N–H and O–H groups in total. The molecule has 1 aromatic carbocycles. The van der Waals surface area contributed by atoms with Gasteiger partial charge in [-0.1, -0.05) is 18.2 Å². The minimum atomic E-state index is -0.218. The molecule has 0 spiro atoms. The van der Waals surface area contributed by atoms with E-state index in [0.29, 0.717) is 11.6 Å². The summed E-state index contributed by atoms with van der Waals surface area (Å²) in [4.78, 5) is 19.5. The molecule has 2 fully saturated rings. The second-order valence-electron chi connectivity index (χ2n) is 6.51. The highest BCUT2D eigenvalue weighted by Gasteiger charge is 2.26. The molecule has 1 saturated heterocycles.